The highest BCUT2D eigenvalue weighted by molar-refractivity contribution is 6.32. The number of hydrogen-bond acceptors (Lipinski definition) is 2. The lowest BCUT2D eigenvalue weighted by Gasteiger charge is -2.35. The number of nitrogens with zero attached hydrogens (tertiary/aromatic N) is 2. The molecule has 2 amide bonds. The van der Waals surface area contributed by atoms with Crippen molar-refractivity contribution in [2.75, 3.05) is 11.4 Å². The van der Waals surface area contributed by atoms with E-state index in [1.165, 1.54) is 24.0 Å². The molecule has 28 heavy (non-hydrogen) atoms. The van der Waals surface area contributed by atoms with Crippen LogP contribution in [0.15, 0.2) is 42.6 Å². The van der Waals surface area contributed by atoms with E-state index in [-0.39, 0.29) is 23.9 Å². The molecule has 0 spiro atoms. The fourth-order valence-electron chi connectivity index (χ4n) is 4.08. The van der Waals surface area contributed by atoms with Gasteiger partial charge in [0.1, 0.15) is 5.82 Å². The number of hydrogen-bond donors (Lipinski definition) is 0. The van der Waals surface area contributed by atoms with E-state index < -0.39 is 11.9 Å². The Kier molecular flexibility index (Phi) is 4.94. The standard InChI is InChI=1S/C22H20ClFN2O2/c1-14(27)25-12-10-15-5-2-3-6-16(15)20(25)13-21(28)26-11-4-7-17-18(23)8-9-19(24)22(17)26/h2-3,5-6,8-10,12,20H,4,7,11,13H2,1H3. The number of carbonyl (C=O) groups excluding carboxylic acids is 2. The van der Waals surface area contributed by atoms with Crippen LogP contribution in [0.5, 0.6) is 0 Å². The quantitative estimate of drug-likeness (QED) is 0.734. The molecule has 0 saturated heterocycles. The van der Waals surface area contributed by atoms with E-state index in [0.717, 1.165) is 17.5 Å². The fraction of sp³-hybridized carbons (Fsp3) is 0.273. The minimum Gasteiger partial charge on any atom is -0.311 e. The van der Waals surface area contributed by atoms with Crippen LogP contribution in [-0.4, -0.2) is 23.3 Å². The zero-order chi connectivity index (χ0) is 19.8. The van der Waals surface area contributed by atoms with E-state index in [4.69, 9.17) is 11.6 Å². The van der Waals surface area contributed by atoms with Crippen molar-refractivity contribution in [3.05, 3.63) is 70.1 Å². The Morgan fingerprint density at radius 3 is 2.79 bits per heavy atom. The maximum Gasteiger partial charge on any atom is 0.229 e. The van der Waals surface area contributed by atoms with Crippen LogP contribution >= 0.6 is 11.6 Å². The molecule has 0 aliphatic carbocycles. The van der Waals surface area contributed by atoms with Crippen molar-refractivity contribution in [1.29, 1.82) is 0 Å². The van der Waals surface area contributed by atoms with Gasteiger partial charge in [0.15, 0.2) is 0 Å². The van der Waals surface area contributed by atoms with Crippen molar-refractivity contribution in [3.8, 4) is 0 Å². The molecule has 0 saturated carbocycles. The Bertz CT molecular complexity index is 988. The lowest BCUT2D eigenvalue weighted by Crippen LogP contribution is -2.40. The summed E-state index contributed by atoms with van der Waals surface area (Å²) in [5.41, 5.74) is 2.84. The van der Waals surface area contributed by atoms with Crippen LogP contribution in [0.2, 0.25) is 5.02 Å². The highest BCUT2D eigenvalue weighted by atomic mass is 35.5. The van der Waals surface area contributed by atoms with Crippen molar-refractivity contribution in [2.45, 2.75) is 32.2 Å². The van der Waals surface area contributed by atoms with E-state index in [0.29, 0.717) is 23.6 Å². The predicted molar refractivity (Wildman–Crippen MR) is 107 cm³/mol. The molecule has 4 rings (SSSR count). The summed E-state index contributed by atoms with van der Waals surface area (Å²) >= 11 is 6.24. The van der Waals surface area contributed by atoms with Crippen LogP contribution in [0, 0.1) is 5.82 Å². The average Bonchev–Trinajstić information content (AvgIpc) is 2.70. The molecule has 0 aromatic heterocycles. The maximum atomic E-state index is 14.6. The van der Waals surface area contributed by atoms with E-state index in [9.17, 15) is 14.0 Å². The minimum absolute atomic E-state index is 0.0757. The van der Waals surface area contributed by atoms with Crippen LogP contribution in [0.1, 0.15) is 42.5 Å². The zero-order valence-corrected chi connectivity index (χ0v) is 16.2. The minimum atomic E-state index is -0.445. The first kappa shape index (κ1) is 18.7. The number of benzene rings is 2. The van der Waals surface area contributed by atoms with Gasteiger partial charge >= 0.3 is 0 Å². The summed E-state index contributed by atoms with van der Waals surface area (Å²) < 4.78 is 14.6. The Hall–Kier alpha value is -2.66. The topological polar surface area (TPSA) is 40.6 Å². The molecule has 1 unspecified atom stereocenters. The van der Waals surface area contributed by atoms with E-state index >= 15 is 0 Å². The van der Waals surface area contributed by atoms with Gasteiger partial charge in [-0.3, -0.25) is 9.59 Å². The van der Waals surface area contributed by atoms with Gasteiger partial charge in [-0.1, -0.05) is 35.9 Å². The number of rotatable bonds is 2. The number of carbonyl (C=O) groups is 2. The number of anilines is 1. The Labute approximate surface area is 168 Å². The largest absolute Gasteiger partial charge is 0.311 e. The monoisotopic (exact) mass is 398 g/mol. The van der Waals surface area contributed by atoms with Crippen LogP contribution in [0.3, 0.4) is 0 Å². The Balaban J connectivity index is 1.68. The van der Waals surface area contributed by atoms with Crippen molar-refractivity contribution in [1.82, 2.24) is 4.90 Å². The van der Waals surface area contributed by atoms with Gasteiger partial charge in [0.25, 0.3) is 0 Å². The van der Waals surface area contributed by atoms with E-state index in [2.05, 4.69) is 0 Å². The predicted octanol–water partition coefficient (Wildman–Crippen LogP) is 4.72. The number of halogens is 2. The Morgan fingerprint density at radius 1 is 1.21 bits per heavy atom. The van der Waals surface area contributed by atoms with Gasteiger partial charge in [-0.2, -0.15) is 0 Å². The third-order valence-corrected chi connectivity index (χ3v) is 5.75. The number of fused-ring (bicyclic) bond motifs is 2. The van der Waals surface area contributed by atoms with Gasteiger partial charge in [-0.25, -0.2) is 4.39 Å². The van der Waals surface area contributed by atoms with Gasteiger partial charge < -0.3 is 9.80 Å². The zero-order valence-electron chi connectivity index (χ0n) is 15.5. The molecule has 0 fully saturated rings. The van der Waals surface area contributed by atoms with Crippen molar-refractivity contribution < 1.29 is 14.0 Å². The normalized spacial score (nSPS) is 17.9. The van der Waals surface area contributed by atoms with Crippen LogP contribution in [-0.2, 0) is 16.0 Å². The molecule has 2 aliphatic rings. The molecular weight excluding hydrogens is 379 g/mol. The van der Waals surface area contributed by atoms with Crippen LogP contribution in [0.25, 0.3) is 6.08 Å². The van der Waals surface area contributed by atoms with Crippen molar-refractivity contribution in [3.63, 3.8) is 0 Å². The molecule has 6 heteroatoms. The lowest BCUT2D eigenvalue weighted by molar-refractivity contribution is -0.129. The second kappa shape index (κ2) is 7.40. The number of amides is 2. The average molecular weight is 399 g/mol. The fourth-order valence-corrected chi connectivity index (χ4v) is 4.32. The molecule has 0 radical (unpaired) electrons. The smallest absolute Gasteiger partial charge is 0.229 e. The molecule has 0 bridgehead atoms. The molecular formula is C22H20ClFN2O2. The molecule has 2 aromatic carbocycles. The molecule has 2 aliphatic heterocycles. The molecule has 1 atom stereocenters. The first-order chi connectivity index (χ1) is 13.5. The van der Waals surface area contributed by atoms with Gasteiger partial charge in [0.05, 0.1) is 18.2 Å². The van der Waals surface area contributed by atoms with Gasteiger partial charge in [-0.15, -0.1) is 0 Å². The summed E-state index contributed by atoms with van der Waals surface area (Å²) in [5, 5.41) is 0.477. The summed E-state index contributed by atoms with van der Waals surface area (Å²) in [7, 11) is 0. The summed E-state index contributed by atoms with van der Waals surface area (Å²) in [5.74, 6) is -0.805. The Morgan fingerprint density at radius 2 is 2.00 bits per heavy atom. The first-order valence-electron chi connectivity index (χ1n) is 9.30. The van der Waals surface area contributed by atoms with Gasteiger partial charge in [-0.05, 0) is 47.7 Å². The summed E-state index contributed by atoms with van der Waals surface area (Å²) in [6, 6.07) is 10.1. The molecule has 2 aromatic rings. The molecule has 4 nitrogen and oxygen atoms in total. The van der Waals surface area contributed by atoms with Gasteiger partial charge in [0.2, 0.25) is 11.8 Å². The highest BCUT2D eigenvalue weighted by Gasteiger charge is 2.33. The summed E-state index contributed by atoms with van der Waals surface area (Å²) in [4.78, 5) is 28.4. The molecule has 2 heterocycles. The van der Waals surface area contributed by atoms with Gasteiger partial charge in [0, 0.05) is 24.7 Å². The second-order valence-corrected chi connectivity index (χ2v) is 7.50. The summed E-state index contributed by atoms with van der Waals surface area (Å²) in [6.07, 6.45) is 5.02. The molecule has 0 N–H and O–H groups in total. The van der Waals surface area contributed by atoms with E-state index in [1.807, 2.05) is 30.3 Å². The van der Waals surface area contributed by atoms with Crippen molar-refractivity contribution >= 4 is 35.2 Å². The third kappa shape index (κ3) is 3.20. The highest BCUT2D eigenvalue weighted by Crippen LogP contribution is 2.38. The maximum absolute atomic E-state index is 14.6. The van der Waals surface area contributed by atoms with Crippen molar-refractivity contribution in [2.24, 2.45) is 0 Å². The first-order valence-corrected chi connectivity index (χ1v) is 9.68. The lowest BCUT2D eigenvalue weighted by atomic mass is 9.92. The van der Waals surface area contributed by atoms with E-state index in [1.54, 1.807) is 11.1 Å². The van der Waals surface area contributed by atoms with Crippen LogP contribution < -0.4 is 4.90 Å². The van der Waals surface area contributed by atoms with Crippen LogP contribution in [0.4, 0.5) is 10.1 Å². The summed E-state index contributed by atoms with van der Waals surface area (Å²) in [6.45, 7) is 1.92. The molecule has 144 valence electrons. The third-order valence-electron chi connectivity index (χ3n) is 5.39. The second-order valence-electron chi connectivity index (χ2n) is 7.10. The SMILES string of the molecule is CC(=O)N1C=Cc2ccccc2C1CC(=O)N1CCCc2c(Cl)ccc(F)c21.